The summed E-state index contributed by atoms with van der Waals surface area (Å²) in [6, 6.07) is 15.8. The van der Waals surface area contributed by atoms with E-state index in [2.05, 4.69) is 4.98 Å². The molecule has 3 aromatic carbocycles. The van der Waals surface area contributed by atoms with Crippen LogP contribution in [0.15, 0.2) is 76.9 Å². The maximum Gasteiger partial charge on any atom is 0.241 e. The molecule has 11 heteroatoms. The van der Waals surface area contributed by atoms with Crippen molar-refractivity contribution in [1.82, 2.24) is 9.55 Å². The highest BCUT2D eigenvalue weighted by Gasteiger charge is 2.30. The lowest BCUT2D eigenvalue weighted by Crippen LogP contribution is -2.23. The van der Waals surface area contributed by atoms with E-state index in [0.29, 0.717) is 32.2 Å². The van der Waals surface area contributed by atoms with E-state index in [-0.39, 0.29) is 10.7 Å². The Labute approximate surface area is 222 Å². The fourth-order valence-electron chi connectivity index (χ4n) is 3.77. The summed E-state index contributed by atoms with van der Waals surface area (Å²) in [6.07, 6.45) is 1.75. The lowest BCUT2D eigenvalue weighted by molar-refractivity contribution is 0.458. The lowest BCUT2D eigenvalue weighted by atomic mass is 9.81. The van der Waals surface area contributed by atoms with Crippen molar-refractivity contribution in [2.75, 3.05) is 0 Å². The molecule has 0 aliphatic rings. The highest BCUT2D eigenvalue weighted by molar-refractivity contribution is 7.98. The van der Waals surface area contributed by atoms with Crippen molar-refractivity contribution in [1.29, 1.82) is 0 Å². The molecular formula is C25H22Cl2FN3O3S2. The second-order valence-electron chi connectivity index (χ2n) is 8.63. The summed E-state index contributed by atoms with van der Waals surface area (Å²) in [4.78, 5) is 4.29. The third-order valence-corrected chi connectivity index (χ3v) is 8.50. The van der Waals surface area contributed by atoms with E-state index >= 15 is 0 Å². The summed E-state index contributed by atoms with van der Waals surface area (Å²) in [5.41, 5.74) is 2.50. The summed E-state index contributed by atoms with van der Waals surface area (Å²) in [5, 5.41) is 16.6. The molecule has 188 valence electrons. The van der Waals surface area contributed by atoms with E-state index < -0.39 is 21.2 Å². The van der Waals surface area contributed by atoms with Crippen LogP contribution in [-0.2, 0) is 21.2 Å². The number of sulfonamides is 1. The number of phenols is 1. The number of rotatable bonds is 7. The number of benzene rings is 3. The van der Waals surface area contributed by atoms with Gasteiger partial charge in [0.1, 0.15) is 16.5 Å². The molecule has 1 aromatic heterocycles. The largest absolute Gasteiger partial charge is 0.507 e. The number of primary sulfonamides is 1. The van der Waals surface area contributed by atoms with Crippen molar-refractivity contribution in [2.24, 2.45) is 5.14 Å². The summed E-state index contributed by atoms with van der Waals surface area (Å²) >= 11 is 13.8. The van der Waals surface area contributed by atoms with Gasteiger partial charge in [-0.25, -0.2) is 22.9 Å². The van der Waals surface area contributed by atoms with Gasteiger partial charge >= 0.3 is 0 Å². The van der Waals surface area contributed by atoms with Crippen LogP contribution in [-0.4, -0.2) is 23.1 Å². The Morgan fingerprint density at radius 2 is 1.75 bits per heavy atom. The molecule has 0 amide bonds. The lowest BCUT2D eigenvalue weighted by Gasteiger charge is -2.28. The first-order valence-corrected chi connectivity index (χ1v) is 13.9. The van der Waals surface area contributed by atoms with Crippen molar-refractivity contribution < 1.29 is 17.9 Å². The van der Waals surface area contributed by atoms with Crippen LogP contribution < -0.4 is 5.14 Å². The first-order chi connectivity index (χ1) is 16.9. The standard InChI is InChI=1S/C25H22Cl2FN3O3S2/c1-25(2,16-4-9-19(26)20(27)12-16)23-13-30-24(31(23)18-7-5-17(28)6-8-18)35-14-15-3-10-21(32)22(11-15)36(29,33)34/h3-13,32H,14H2,1-2H3,(H2,29,33,34). The number of thioether (sulfide) groups is 1. The first kappa shape index (κ1) is 26.5. The van der Waals surface area contributed by atoms with Gasteiger partial charge in [-0.3, -0.25) is 4.57 Å². The zero-order valence-electron chi connectivity index (χ0n) is 19.2. The van der Waals surface area contributed by atoms with E-state index in [9.17, 15) is 17.9 Å². The Kier molecular flexibility index (Phi) is 7.41. The van der Waals surface area contributed by atoms with Gasteiger partial charge in [0.25, 0.3) is 0 Å². The van der Waals surface area contributed by atoms with Crippen LogP contribution >= 0.6 is 35.0 Å². The van der Waals surface area contributed by atoms with E-state index in [1.807, 2.05) is 30.5 Å². The molecular weight excluding hydrogens is 544 g/mol. The molecule has 0 aliphatic heterocycles. The number of nitrogens with two attached hydrogens (primary N) is 1. The Morgan fingerprint density at radius 3 is 2.39 bits per heavy atom. The normalized spacial score (nSPS) is 12.2. The molecule has 1 heterocycles. The number of aromatic nitrogens is 2. The van der Waals surface area contributed by atoms with Crippen molar-refractivity contribution >= 4 is 45.0 Å². The van der Waals surface area contributed by atoms with Gasteiger partial charge in [0.15, 0.2) is 5.16 Å². The predicted octanol–water partition coefficient (Wildman–Crippen LogP) is 6.29. The van der Waals surface area contributed by atoms with Crippen LogP contribution in [0.3, 0.4) is 0 Å². The maximum atomic E-state index is 13.7. The van der Waals surface area contributed by atoms with Crippen LogP contribution in [0.5, 0.6) is 5.75 Å². The summed E-state index contributed by atoms with van der Waals surface area (Å²) in [7, 11) is -4.08. The fraction of sp³-hybridized carbons (Fsp3) is 0.160. The molecule has 0 unspecified atom stereocenters. The quantitative estimate of drug-likeness (QED) is 0.256. The maximum absolute atomic E-state index is 13.7. The average molecular weight is 567 g/mol. The first-order valence-electron chi connectivity index (χ1n) is 10.6. The number of hydrogen-bond donors (Lipinski definition) is 2. The molecule has 0 atom stereocenters. The molecule has 0 aliphatic carbocycles. The number of nitrogens with zero attached hydrogens (tertiary/aromatic N) is 2. The molecule has 0 spiro atoms. The van der Waals surface area contributed by atoms with Gasteiger partial charge in [0, 0.05) is 16.9 Å². The van der Waals surface area contributed by atoms with Gasteiger partial charge in [-0.15, -0.1) is 0 Å². The van der Waals surface area contributed by atoms with E-state index in [1.54, 1.807) is 30.5 Å². The minimum absolute atomic E-state index is 0.341. The van der Waals surface area contributed by atoms with E-state index in [4.69, 9.17) is 28.3 Å². The van der Waals surface area contributed by atoms with Gasteiger partial charge < -0.3 is 5.11 Å². The van der Waals surface area contributed by atoms with Crippen molar-refractivity contribution in [3.8, 4) is 11.4 Å². The second-order valence-corrected chi connectivity index (χ2v) is 11.9. The molecule has 3 N–H and O–H groups in total. The van der Waals surface area contributed by atoms with Crippen molar-refractivity contribution in [2.45, 2.75) is 35.1 Å². The van der Waals surface area contributed by atoms with Crippen LogP contribution in [0.1, 0.15) is 30.7 Å². The smallest absolute Gasteiger partial charge is 0.241 e. The summed E-state index contributed by atoms with van der Waals surface area (Å²) < 4.78 is 39.2. The van der Waals surface area contributed by atoms with Gasteiger partial charge in [0.2, 0.25) is 10.0 Å². The zero-order chi connectivity index (χ0) is 26.3. The minimum Gasteiger partial charge on any atom is -0.507 e. The van der Waals surface area contributed by atoms with Gasteiger partial charge in [-0.1, -0.05) is 60.9 Å². The van der Waals surface area contributed by atoms with Crippen LogP contribution in [0.4, 0.5) is 4.39 Å². The molecule has 36 heavy (non-hydrogen) atoms. The molecule has 4 rings (SSSR count). The predicted molar refractivity (Wildman–Crippen MR) is 141 cm³/mol. The molecule has 0 fully saturated rings. The Hall–Kier alpha value is -2.56. The monoisotopic (exact) mass is 565 g/mol. The van der Waals surface area contributed by atoms with Crippen LogP contribution in [0.25, 0.3) is 5.69 Å². The number of imidazole rings is 1. The molecule has 6 nitrogen and oxygen atoms in total. The number of phenolic OH excluding ortho intramolecular Hbond substituents is 1. The third-order valence-electron chi connectivity index (χ3n) is 5.79. The van der Waals surface area contributed by atoms with Crippen molar-refractivity contribution in [3.05, 3.63) is 99.5 Å². The summed E-state index contributed by atoms with van der Waals surface area (Å²) in [5.74, 6) is -0.434. The third kappa shape index (κ3) is 5.40. The molecule has 0 saturated heterocycles. The zero-order valence-corrected chi connectivity index (χ0v) is 22.4. The van der Waals surface area contributed by atoms with Gasteiger partial charge in [0.05, 0.1) is 21.9 Å². The van der Waals surface area contributed by atoms with E-state index in [1.165, 1.54) is 36.0 Å². The van der Waals surface area contributed by atoms with Crippen LogP contribution in [0, 0.1) is 5.82 Å². The number of aromatic hydroxyl groups is 1. The minimum atomic E-state index is -4.08. The SMILES string of the molecule is CC(C)(c1ccc(Cl)c(Cl)c1)c1cnc(SCc2ccc(O)c(S(N)(=O)=O)c2)n1-c1ccc(F)cc1. The summed E-state index contributed by atoms with van der Waals surface area (Å²) in [6.45, 7) is 4.05. The Morgan fingerprint density at radius 1 is 1.06 bits per heavy atom. The van der Waals surface area contributed by atoms with Crippen LogP contribution in [0.2, 0.25) is 10.0 Å². The molecule has 0 saturated carbocycles. The topological polar surface area (TPSA) is 98.2 Å². The highest BCUT2D eigenvalue weighted by Crippen LogP contribution is 2.38. The van der Waals surface area contributed by atoms with E-state index in [0.717, 1.165) is 11.3 Å². The molecule has 4 aromatic rings. The Balaban J connectivity index is 1.77. The highest BCUT2D eigenvalue weighted by atomic mass is 35.5. The fourth-order valence-corrected chi connectivity index (χ4v) is 5.68. The Bertz CT molecular complexity index is 1540. The number of hydrogen-bond acceptors (Lipinski definition) is 5. The number of halogens is 3. The molecule has 0 radical (unpaired) electrons. The van der Waals surface area contributed by atoms with Gasteiger partial charge in [-0.05, 0) is 59.7 Å². The van der Waals surface area contributed by atoms with Gasteiger partial charge in [-0.2, -0.15) is 0 Å². The molecule has 0 bridgehead atoms. The second kappa shape index (κ2) is 10.1. The van der Waals surface area contributed by atoms with Crippen molar-refractivity contribution in [3.63, 3.8) is 0 Å². The average Bonchev–Trinajstić information content (AvgIpc) is 3.25.